The lowest BCUT2D eigenvalue weighted by Crippen LogP contribution is -2.41. The van der Waals surface area contributed by atoms with E-state index in [9.17, 15) is 4.79 Å². The molecule has 2 N–H and O–H groups in total. The predicted octanol–water partition coefficient (Wildman–Crippen LogP) is 2.93. The van der Waals surface area contributed by atoms with Crippen LogP contribution in [0.2, 0.25) is 0 Å². The van der Waals surface area contributed by atoms with Gasteiger partial charge in [0.05, 0.1) is 5.69 Å². The summed E-state index contributed by atoms with van der Waals surface area (Å²) in [6, 6.07) is 1.73. The molecule has 2 aromatic heterocycles. The van der Waals surface area contributed by atoms with Crippen molar-refractivity contribution in [3.8, 4) is 0 Å². The Morgan fingerprint density at radius 3 is 2.55 bits per heavy atom. The summed E-state index contributed by atoms with van der Waals surface area (Å²) in [7, 11) is 0. The maximum Gasteiger partial charge on any atom is 0.315 e. The number of hydrogen-bond acceptors (Lipinski definition) is 4. The number of nitrogens with one attached hydrogen (secondary N) is 2. The average molecular weight is 305 g/mol. The van der Waals surface area contributed by atoms with Crippen LogP contribution in [0.3, 0.4) is 0 Å². The van der Waals surface area contributed by atoms with Crippen LogP contribution < -0.4 is 10.6 Å². The molecule has 0 spiro atoms. The van der Waals surface area contributed by atoms with Crippen LogP contribution in [0.1, 0.15) is 41.0 Å². The Bertz CT molecular complexity index is 638. The standard InChI is InChI=1S/C16H23N3O3/c1-9(6-15-11(3)19-22-13(15)5)18-16(20)17-8-14-7-10(2)21-12(14)4/h7,9H,6,8H2,1-5H3,(H2,17,18,20)/t9-/m1/s1. The van der Waals surface area contributed by atoms with Crippen molar-refractivity contribution in [3.05, 3.63) is 40.2 Å². The van der Waals surface area contributed by atoms with E-state index in [-0.39, 0.29) is 12.1 Å². The molecule has 0 saturated heterocycles. The molecule has 0 bridgehead atoms. The minimum atomic E-state index is -0.197. The number of amides is 2. The number of carbonyl (C=O) groups excluding carboxylic acids is 1. The number of aromatic nitrogens is 1. The second kappa shape index (κ2) is 6.68. The van der Waals surface area contributed by atoms with Crippen LogP contribution in [0.5, 0.6) is 0 Å². The first-order valence-corrected chi connectivity index (χ1v) is 7.38. The molecule has 6 nitrogen and oxygen atoms in total. The lowest BCUT2D eigenvalue weighted by molar-refractivity contribution is 0.237. The summed E-state index contributed by atoms with van der Waals surface area (Å²) in [5.41, 5.74) is 2.91. The molecular formula is C16H23N3O3. The first-order valence-electron chi connectivity index (χ1n) is 7.38. The molecule has 0 aliphatic carbocycles. The second-order valence-corrected chi connectivity index (χ2v) is 5.67. The molecule has 0 aliphatic rings. The molecular weight excluding hydrogens is 282 g/mol. The highest BCUT2D eigenvalue weighted by molar-refractivity contribution is 5.74. The van der Waals surface area contributed by atoms with E-state index in [4.69, 9.17) is 8.94 Å². The van der Waals surface area contributed by atoms with E-state index < -0.39 is 0 Å². The van der Waals surface area contributed by atoms with Gasteiger partial charge >= 0.3 is 6.03 Å². The highest BCUT2D eigenvalue weighted by Crippen LogP contribution is 2.15. The Morgan fingerprint density at radius 2 is 2.00 bits per heavy atom. The van der Waals surface area contributed by atoms with Crippen molar-refractivity contribution < 1.29 is 13.7 Å². The van der Waals surface area contributed by atoms with E-state index in [1.807, 2.05) is 40.7 Å². The fourth-order valence-electron chi connectivity index (χ4n) is 2.46. The molecule has 0 aliphatic heterocycles. The quantitative estimate of drug-likeness (QED) is 0.890. The van der Waals surface area contributed by atoms with E-state index in [1.165, 1.54) is 0 Å². The van der Waals surface area contributed by atoms with Gasteiger partial charge in [0.15, 0.2) is 0 Å². The van der Waals surface area contributed by atoms with E-state index in [2.05, 4.69) is 15.8 Å². The topological polar surface area (TPSA) is 80.3 Å². The molecule has 2 rings (SSSR count). The Hall–Kier alpha value is -2.24. The number of rotatable bonds is 5. The number of urea groups is 1. The van der Waals surface area contributed by atoms with Gasteiger partial charge in [-0.1, -0.05) is 5.16 Å². The molecule has 0 aromatic carbocycles. The molecule has 2 heterocycles. The molecule has 0 radical (unpaired) electrons. The molecule has 22 heavy (non-hydrogen) atoms. The minimum absolute atomic E-state index is 0.0102. The zero-order valence-corrected chi connectivity index (χ0v) is 13.7. The Kier molecular flexibility index (Phi) is 4.90. The number of hydrogen-bond donors (Lipinski definition) is 2. The molecule has 1 atom stereocenters. The van der Waals surface area contributed by atoms with Gasteiger partial charge in [0.1, 0.15) is 17.3 Å². The maximum absolute atomic E-state index is 12.0. The van der Waals surface area contributed by atoms with Crippen LogP contribution in [0.25, 0.3) is 0 Å². The summed E-state index contributed by atoms with van der Waals surface area (Å²) in [6.07, 6.45) is 0.693. The van der Waals surface area contributed by atoms with Gasteiger partial charge in [-0.15, -0.1) is 0 Å². The summed E-state index contributed by atoms with van der Waals surface area (Å²) in [6.45, 7) is 9.98. The van der Waals surface area contributed by atoms with Crippen molar-refractivity contribution in [2.75, 3.05) is 0 Å². The van der Waals surface area contributed by atoms with Gasteiger partial charge in [-0.2, -0.15) is 0 Å². The second-order valence-electron chi connectivity index (χ2n) is 5.67. The average Bonchev–Trinajstić information content (AvgIpc) is 2.92. The highest BCUT2D eigenvalue weighted by atomic mass is 16.5. The van der Waals surface area contributed by atoms with E-state index in [1.54, 1.807) is 0 Å². The monoisotopic (exact) mass is 305 g/mol. The van der Waals surface area contributed by atoms with Gasteiger partial charge in [0.2, 0.25) is 0 Å². The first kappa shape index (κ1) is 16.1. The van der Waals surface area contributed by atoms with Crippen molar-refractivity contribution in [3.63, 3.8) is 0 Å². The third-order valence-corrected chi connectivity index (χ3v) is 3.65. The fraction of sp³-hybridized carbons (Fsp3) is 0.500. The van der Waals surface area contributed by atoms with Gasteiger partial charge in [-0.05, 0) is 47.1 Å². The minimum Gasteiger partial charge on any atom is -0.466 e. The van der Waals surface area contributed by atoms with Crippen molar-refractivity contribution in [2.45, 2.75) is 53.6 Å². The lowest BCUT2D eigenvalue weighted by Gasteiger charge is -2.14. The molecule has 0 fully saturated rings. The normalized spacial score (nSPS) is 12.2. The van der Waals surface area contributed by atoms with Crippen LogP contribution in [0, 0.1) is 27.7 Å². The zero-order chi connectivity index (χ0) is 16.3. The fourth-order valence-corrected chi connectivity index (χ4v) is 2.46. The number of furan rings is 1. The first-order chi connectivity index (χ1) is 10.4. The molecule has 120 valence electrons. The van der Waals surface area contributed by atoms with Gasteiger partial charge in [0.25, 0.3) is 0 Å². The van der Waals surface area contributed by atoms with Crippen molar-refractivity contribution >= 4 is 6.03 Å². The third-order valence-electron chi connectivity index (χ3n) is 3.65. The highest BCUT2D eigenvalue weighted by Gasteiger charge is 2.15. The summed E-state index contributed by atoms with van der Waals surface area (Å²) in [5, 5.41) is 9.69. The molecule has 2 aromatic rings. The van der Waals surface area contributed by atoms with Crippen molar-refractivity contribution in [1.29, 1.82) is 0 Å². The summed E-state index contributed by atoms with van der Waals surface area (Å²) < 4.78 is 10.6. The smallest absolute Gasteiger partial charge is 0.315 e. The third kappa shape index (κ3) is 3.90. The predicted molar refractivity (Wildman–Crippen MR) is 82.7 cm³/mol. The van der Waals surface area contributed by atoms with Crippen LogP contribution >= 0.6 is 0 Å². The van der Waals surface area contributed by atoms with Gasteiger partial charge in [-0.3, -0.25) is 0 Å². The Labute approximate surface area is 130 Å². The number of aryl methyl sites for hydroxylation is 4. The van der Waals surface area contributed by atoms with E-state index in [0.717, 1.165) is 34.1 Å². The molecule has 0 saturated carbocycles. The van der Waals surface area contributed by atoms with Crippen LogP contribution in [0.4, 0.5) is 4.79 Å². The van der Waals surface area contributed by atoms with Crippen LogP contribution in [-0.2, 0) is 13.0 Å². The molecule has 0 unspecified atom stereocenters. The summed E-state index contributed by atoms with van der Waals surface area (Å²) >= 11 is 0. The lowest BCUT2D eigenvalue weighted by atomic mass is 10.1. The maximum atomic E-state index is 12.0. The summed E-state index contributed by atoms with van der Waals surface area (Å²) in [4.78, 5) is 12.0. The Balaban J connectivity index is 1.83. The number of carbonyl (C=O) groups is 1. The van der Waals surface area contributed by atoms with Gasteiger partial charge < -0.3 is 19.6 Å². The van der Waals surface area contributed by atoms with Crippen LogP contribution in [0.15, 0.2) is 15.0 Å². The van der Waals surface area contributed by atoms with Crippen molar-refractivity contribution in [1.82, 2.24) is 15.8 Å². The Morgan fingerprint density at radius 1 is 1.27 bits per heavy atom. The molecule has 6 heteroatoms. The van der Waals surface area contributed by atoms with E-state index >= 15 is 0 Å². The van der Waals surface area contributed by atoms with Gasteiger partial charge in [0, 0.05) is 23.7 Å². The molecule has 2 amide bonds. The van der Waals surface area contributed by atoms with E-state index in [0.29, 0.717) is 13.0 Å². The summed E-state index contributed by atoms with van der Waals surface area (Å²) in [5.74, 6) is 2.49. The van der Waals surface area contributed by atoms with Crippen molar-refractivity contribution in [2.24, 2.45) is 0 Å². The SMILES string of the molecule is Cc1cc(CNC(=O)N[C@H](C)Cc2c(C)noc2C)c(C)o1. The largest absolute Gasteiger partial charge is 0.466 e. The number of nitrogens with zero attached hydrogens (tertiary/aromatic N) is 1. The zero-order valence-electron chi connectivity index (χ0n) is 13.7. The van der Waals surface area contributed by atoms with Gasteiger partial charge in [-0.25, -0.2) is 4.79 Å². The van der Waals surface area contributed by atoms with Crippen LogP contribution in [-0.4, -0.2) is 17.2 Å².